The molecular formula is C28H24Cl2N4O5. The number of phenolic OH excluding ortho intramolecular Hbond substituents is 1. The van der Waals surface area contributed by atoms with E-state index in [4.69, 9.17) is 27.9 Å². The number of hydrogen-bond acceptors (Lipinski definition) is 6. The number of nitrogens with one attached hydrogen (secondary N) is 1. The van der Waals surface area contributed by atoms with Crippen molar-refractivity contribution in [2.75, 3.05) is 13.1 Å². The standard InChI is InChI=1S/C28H24Cl2N4O5/c1-28(17-6-3-2-4-7-17)10-5-11-33(16-28)26(37)20-14-19(8-9-23(20)35)39-25-21(29)12-18(13-22(25)30)34-27(38)32-24(36)15-31-34/h2-4,6-9,12-15,35H,5,10-11,16H2,1H3,(H,32,36,38)/t28-/m1/s1. The van der Waals surface area contributed by atoms with Gasteiger partial charge in [0.1, 0.15) is 17.7 Å². The number of likely N-dealkylation sites (tertiary alicyclic amines) is 1. The molecule has 1 fully saturated rings. The number of ether oxygens (including phenoxy) is 1. The second-order valence-electron chi connectivity index (χ2n) is 9.63. The summed E-state index contributed by atoms with van der Waals surface area (Å²) in [6.07, 6.45) is 2.73. The summed E-state index contributed by atoms with van der Waals surface area (Å²) in [6.45, 7) is 3.23. The molecule has 2 N–H and O–H groups in total. The molecule has 1 aromatic heterocycles. The Morgan fingerprint density at radius 3 is 2.49 bits per heavy atom. The first-order valence-electron chi connectivity index (χ1n) is 12.2. The van der Waals surface area contributed by atoms with E-state index in [1.54, 1.807) is 4.90 Å². The maximum atomic E-state index is 13.5. The fourth-order valence-electron chi connectivity index (χ4n) is 4.83. The van der Waals surface area contributed by atoms with Crippen LogP contribution in [0, 0.1) is 0 Å². The number of hydrogen-bond donors (Lipinski definition) is 2. The average molecular weight is 567 g/mol. The lowest BCUT2D eigenvalue weighted by Gasteiger charge is -2.41. The van der Waals surface area contributed by atoms with Crippen molar-refractivity contribution in [2.45, 2.75) is 25.2 Å². The zero-order valence-corrected chi connectivity index (χ0v) is 22.4. The number of aromatic nitrogens is 3. The third-order valence-electron chi connectivity index (χ3n) is 6.81. The van der Waals surface area contributed by atoms with Crippen LogP contribution in [-0.4, -0.2) is 43.8 Å². The number of H-pyrrole nitrogens is 1. The number of rotatable bonds is 5. The van der Waals surface area contributed by atoms with E-state index in [1.165, 1.54) is 30.3 Å². The highest BCUT2D eigenvalue weighted by Crippen LogP contribution is 2.40. The number of piperidine rings is 1. The summed E-state index contributed by atoms with van der Waals surface area (Å²) in [5.74, 6) is -0.167. The second-order valence-corrected chi connectivity index (χ2v) is 10.4. The molecule has 5 rings (SSSR count). The van der Waals surface area contributed by atoms with Crippen molar-refractivity contribution in [1.82, 2.24) is 19.7 Å². The first-order chi connectivity index (χ1) is 18.6. The third-order valence-corrected chi connectivity index (χ3v) is 7.37. The summed E-state index contributed by atoms with van der Waals surface area (Å²) >= 11 is 12.8. The van der Waals surface area contributed by atoms with E-state index in [2.05, 4.69) is 29.1 Å². The molecule has 1 aliphatic heterocycles. The van der Waals surface area contributed by atoms with Gasteiger partial charge in [0.25, 0.3) is 11.5 Å². The molecule has 0 spiro atoms. The minimum absolute atomic E-state index is 0.0630. The fourth-order valence-corrected chi connectivity index (χ4v) is 5.38. The Kier molecular flexibility index (Phi) is 7.20. The minimum atomic E-state index is -0.758. The number of nitrogens with zero attached hydrogens (tertiary/aromatic N) is 3. The summed E-state index contributed by atoms with van der Waals surface area (Å²) in [6, 6.07) is 17.2. The number of aromatic hydroxyl groups is 1. The van der Waals surface area contributed by atoms with Gasteiger partial charge < -0.3 is 14.7 Å². The number of carbonyl (C=O) groups is 1. The zero-order chi connectivity index (χ0) is 27.7. The highest BCUT2D eigenvalue weighted by atomic mass is 35.5. The molecule has 0 saturated carbocycles. The summed E-state index contributed by atoms with van der Waals surface area (Å²) in [5, 5.41) is 14.5. The van der Waals surface area contributed by atoms with Crippen LogP contribution in [0.2, 0.25) is 10.0 Å². The van der Waals surface area contributed by atoms with E-state index in [9.17, 15) is 19.5 Å². The molecule has 1 aliphatic rings. The van der Waals surface area contributed by atoms with Gasteiger partial charge in [-0.3, -0.25) is 14.6 Å². The van der Waals surface area contributed by atoms with Crippen molar-refractivity contribution in [2.24, 2.45) is 0 Å². The van der Waals surface area contributed by atoms with Crippen molar-refractivity contribution >= 4 is 29.1 Å². The molecule has 39 heavy (non-hydrogen) atoms. The van der Waals surface area contributed by atoms with Crippen molar-refractivity contribution in [1.29, 1.82) is 0 Å². The predicted octanol–water partition coefficient (Wildman–Crippen LogP) is 4.92. The third kappa shape index (κ3) is 5.41. The molecule has 1 atom stereocenters. The van der Waals surface area contributed by atoms with Gasteiger partial charge in [-0.25, -0.2) is 4.79 Å². The SMILES string of the molecule is C[C@@]1(c2ccccc2)CCCN(C(=O)c2cc(Oc3c(Cl)cc(-n4ncc(=O)[nH]c4=O)cc3Cl)ccc2O)C1. The van der Waals surface area contributed by atoms with Crippen molar-refractivity contribution in [3.63, 3.8) is 0 Å². The second kappa shape index (κ2) is 10.6. The van der Waals surface area contributed by atoms with Crippen LogP contribution in [0.4, 0.5) is 0 Å². The summed E-state index contributed by atoms with van der Waals surface area (Å²) in [7, 11) is 0. The van der Waals surface area contributed by atoms with Crippen molar-refractivity contribution in [3.05, 3.63) is 109 Å². The van der Waals surface area contributed by atoms with Gasteiger partial charge in [0.05, 0.1) is 21.3 Å². The average Bonchev–Trinajstić information content (AvgIpc) is 2.91. The Morgan fingerprint density at radius 2 is 1.79 bits per heavy atom. The molecule has 9 nitrogen and oxygen atoms in total. The predicted molar refractivity (Wildman–Crippen MR) is 148 cm³/mol. The molecule has 4 aromatic rings. The molecule has 2 heterocycles. The van der Waals surface area contributed by atoms with E-state index in [1.807, 2.05) is 18.2 Å². The largest absolute Gasteiger partial charge is 0.507 e. The Balaban J connectivity index is 1.40. The minimum Gasteiger partial charge on any atom is -0.507 e. The van der Waals surface area contributed by atoms with Crippen LogP contribution in [0.3, 0.4) is 0 Å². The van der Waals surface area contributed by atoms with Crippen LogP contribution in [0.1, 0.15) is 35.7 Å². The Bertz CT molecular complexity index is 1650. The smallest absolute Gasteiger partial charge is 0.349 e. The van der Waals surface area contributed by atoms with Gasteiger partial charge in [0, 0.05) is 18.5 Å². The number of amides is 1. The van der Waals surface area contributed by atoms with Gasteiger partial charge in [-0.15, -0.1) is 0 Å². The lowest BCUT2D eigenvalue weighted by Crippen LogP contribution is -2.47. The molecule has 0 aliphatic carbocycles. The highest BCUT2D eigenvalue weighted by molar-refractivity contribution is 6.37. The van der Waals surface area contributed by atoms with Gasteiger partial charge >= 0.3 is 5.69 Å². The van der Waals surface area contributed by atoms with E-state index in [0.29, 0.717) is 13.1 Å². The van der Waals surface area contributed by atoms with Crippen molar-refractivity contribution in [3.8, 4) is 22.9 Å². The number of phenols is 1. The Morgan fingerprint density at radius 1 is 1.08 bits per heavy atom. The first kappa shape index (κ1) is 26.5. The van der Waals surface area contributed by atoms with Crippen LogP contribution >= 0.6 is 23.2 Å². The number of benzene rings is 3. The normalized spacial score (nSPS) is 17.2. The summed E-state index contributed by atoms with van der Waals surface area (Å²) < 4.78 is 6.84. The molecule has 3 aromatic carbocycles. The topological polar surface area (TPSA) is 118 Å². The quantitative estimate of drug-likeness (QED) is 0.354. The van der Waals surface area contributed by atoms with Gasteiger partial charge in [-0.2, -0.15) is 9.78 Å². The summed E-state index contributed by atoms with van der Waals surface area (Å²) in [4.78, 5) is 40.8. The molecular weight excluding hydrogens is 543 g/mol. The van der Waals surface area contributed by atoms with E-state index >= 15 is 0 Å². The van der Waals surface area contributed by atoms with E-state index < -0.39 is 11.2 Å². The lowest BCUT2D eigenvalue weighted by molar-refractivity contribution is 0.0647. The van der Waals surface area contributed by atoms with Gasteiger partial charge in [-0.05, 0) is 48.7 Å². The monoisotopic (exact) mass is 566 g/mol. The van der Waals surface area contributed by atoms with Gasteiger partial charge in [0.15, 0.2) is 5.75 Å². The molecule has 0 bridgehead atoms. The van der Waals surface area contributed by atoms with Crippen LogP contribution < -0.4 is 16.0 Å². The lowest BCUT2D eigenvalue weighted by atomic mass is 9.76. The molecule has 11 heteroatoms. The van der Waals surface area contributed by atoms with Crippen LogP contribution in [0.25, 0.3) is 5.69 Å². The zero-order valence-electron chi connectivity index (χ0n) is 20.9. The Hall–Kier alpha value is -4.08. The maximum absolute atomic E-state index is 13.5. The van der Waals surface area contributed by atoms with E-state index in [0.717, 1.165) is 29.3 Å². The molecule has 0 unspecified atom stereocenters. The van der Waals surface area contributed by atoms with Crippen LogP contribution in [-0.2, 0) is 5.41 Å². The van der Waals surface area contributed by atoms with Crippen LogP contribution in [0.5, 0.6) is 17.2 Å². The summed E-state index contributed by atoms with van der Waals surface area (Å²) in [5.41, 5.74) is -0.128. The number of aromatic amines is 1. The van der Waals surface area contributed by atoms with Crippen molar-refractivity contribution < 1.29 is 14.6 Å². The van der Waals surface area contributed by atoms with Gasteiger partial charge in [-0.1, -0.05) is 60.5 Å². The Labute approximate surface area is 233 Å². The van der Waals surface area contributed by atoms with E-state index in [-0.39, 0.29) is 49.9 Å². The number of carbonyl (C=O) groups excluding carboxylic acids is 1. The molecule has 0 radical (unpaired) electrons. The maximum Gasteiger partial charge on any atom is 0.349 e. The molecule has 1 saturated heterocycles. The van der Waals surface area contributed by atoms with Gasteiger partial charge in [0.2, 0.25) is 0 Å². The fraction of sp³-hybridized carbons (Fsp3) is 0.214. The number of halogens is 2. The first-order valence-corrected chi connectivity index (χ1v) is 12.9. The molecule has 1 amide bonds. The molecule has 200 valence electrons. The van der Waals surface area contributed by atoms with Crippen LogP contribution in [0.15, 0.2) is 76.4 Å². The highest BCUT2D eigenvalue weighted by Gasteiger charge is 2.35.